The van der Waals surface area contributed by atoms with E-state index in [0.717, 1.165) is 28.3 Å². The van der Waals surface area contributed by atoms with Crippen LogP contribution in [0, 0.1) is 13.8 Å². The molecule has 0 unspecified atom stereocenters. The number of hydrogen-bond acceptors (Lipinski definition) is 3. The second-order valence-electron chi connectivity index (χ2n) is 4.23. The lowest BCUT2D eigenvalue weighted by Gasteiger charge is -2.13. The van der Waals surface area contributed by atoms with Crippen LogP contribution in [0.4, 0.5) is 5.69 Å². The number of nitrogens with two attached hydrogens (primary N) is 1. The lowest BCUT2D eigenvalue weighted by molar-refractivity contribution is 0.490. The summed E-state index contributed by atoms with van der Waals surface area (Å²) in [6.45, 7) is 4.57. The Morgan fingerprint density at radius 2 is 2.06 bits per heavy atom. The zero-order valence-corrected chi connectivity index (χ0v) is 11.3. The standard InChI is InChI=1S/C14H16N2OS/c1-9-4-3-5-12(14(15)18)13(9)16-8-11-7-6-10(2)17-11/h3-7,16H,8H2,1-2H3,(H2,15,18). The fourth-order valence-electron chi connectivity index (χ4n) is 1.86. The molecule has 0 aliphatic carbocycles. The Kier molecular flexibility index (Phi) is 3.67. The van der Waals surface area contributed by atoms with Gasteiger partial charge in [0.15, 0.2) is 0 Å². The molecule has 0 bridgehead atoms. The molecule has 0 atom stereocenters. The summed E-state index contributed by atoms with van der Waals surface area (Å²) in [4.78, 5) is 0.400. The largest absolute Gasteiger partial charge is 0.465 e. The van der Waals surface area contributed by atoms with Crippen molar-refractivity contribution >= 4 is 22.9 Å². The van der Waals surface area contributed by atoms with Crippen LogP contribution in [0.3, 0.4) is 0 Å². The van der Waals surface area contributed by atoms with E-state index >= 15 is 0 Å². The van der Waals surface area contributed by atoms with Crippen molar-refractivity contribution in [3.8, 4) is 0 Å². The van der Waals surface area contributed by atoms with Crippen LogP contribution in [0.1, 0.15) is 22.6 Å². The first-order valence-electron chi connectivity index (χ1n) is 5.76. The highest BCUT2D eigenvalue weighted by molar-refractivity contribution is 7.80. The predicted octanol–water partition coefficient (Wildman–Crippen LogP) is 3.14. The van der Waals surface area contributed by atoms with E-state index in [4.69, 9.17) is 22.4 Å². The zero-order chi connectivity index (χ0) is 13.1. The van der Waals surface area contributed by atoms with Crippen molar-refractivity contribution in [3.05, 3.63) is 53.0 Å². The van der Waals surface area contributed by atoms with Gasteiger partial charge in [-0.2, -0.15) is 0 Å². The SMILES string of the molecule is Cc1ccc(CNc2c(C)cccc2C(N)=S)o1. The maximum absolute atomic E-state index is 5.72. The minimum absolute atomic E-state index is 0.400. The van der Waals surface area contributed by atoms with Crippen molar-refractivity contribution in [1.29, 1.82) is 0 Å². The van der Waals surface area contributed by atoms with E-state index in [1.807, 2.05) is 44.2 Å². The van der Waals surface area contributed by atoms with Crippen LogP contribution >= 0.6 is 12.2 Å². The molecule has 3 nitrogen and oxygen atoms in total. The summed E-state index contributed by atoms with van der Waals surface area (Å²) in [7, 11) is 0. The van der Waals surface area contributed by atoms with Crippen LogP contribution in [-0.2, 0) is 6.54 Å². The number of rotatable bonds is 4. The highest BCUT2D eigenvalue weighted by Gasteiger charge is 2.08. The zero-order valence-electron chi connectivity index (χ0n) is 10.5. The number of para-hydroxylation sites is 1. The lowest BCUT2D eigenvalue weighted by atomic mass is 10.1. The van der Waals surface area contributed by atoms with E-state index in [0.29, 0.717) is 11.5 Å². The number of benzene rings is 1. The molecule has 0 spiro atoms. The van der Waals surface area contributed by atoms with Crippen molar-refractivity contribution in [2.45, 2.75) is 20.4 Å². The second-order valence-corrected chi connectivity index (χ2v) is 4.67. The normalized spacial score (nSPS) is 10.3. The molecule has 0 radical (unpaired) electrons. The van der Waals surface area contributed by atoms with Gasteiger partial charge in [-0.05, 0) is 37.6 Å². The molecule has 0 amide bonds. The number of nitrogens with one attached hydrogen (secondary N) is 1. The highest BCUT2D eigenvalue weighted by Crippen LogP contribution is 2.21. The number of anilines is 1. The van der Waals surface area contributed by atoms with Crippen molar-refractivity contribution in [2.24, 2.45) is 5.73 Å². The second kappa shape index (κ2) is 5.23. The Hall–Kier alpha value is -1.81. The first-order chi connectivity index (χ1) is 8.58. The fraction of sp³-hybridized carbons (Fsp3) is 0.214. The minimum atomic E-state index is 0.400. The van der Waals surface area contributed by atoms with Crippen molar-refractivity contribution in [2.75, 3.05) is 5.32 Å². The Bertz CT molecular complexity index is 575. The molecule has 3 N–H and O–H groups in total. The van der Waals surface area contributed by atoms with E-state index in [1.54, 1.807) is 0 Å². The average Bonchev–Trinajstić information content (AvgIpc) is 2.73. The van der Waals surface area contributed by atoms with Crippen molar-refractivity contribution in [1.82, 2.24) is 0 Å². The Balaban J connectivity index is 2.20. The first-order valence-corrected chi connectivity index (χ1v) is 6.17. The summed E-state index contributed by atoms with van der Waals surface area (Å²) in [5.74, 6) is 1.80. The van der Waals surface area contributed by atoms with Gasteiger partial charge < -0.3 is 15.5 Å². The summed E-state index contributed by atoms with van der Waals surface area (Å²) in [5.41, 5.74) is 8.68. The van der Waals surface area contributed by atoms with Gasteiger partial charge in [0.2, 0.25) is 0 Å². The van der Waals surface area contributed by atoms with Crippen LogP contribution in [0.5, 0.6) is 0 Å². The minimum Gasteiger partial charge on any atom is -0.465 e. The van der Waals surface area contributed by atoms with Gasteiger partial charge in [-0.25, -0.2) is 0 Å². The van der Waals surface area contributed by atoms with Gasteiger partial charge in [0.25, 0.3) is 0 Å². The Morgan fingerprint density at radius 3 is 2.67 bits per heavy atom. The summed E-state index contributed by atoms with van der Waals surface area (Å²) >= 11 is 5.06. The highest BCUT2D eigenvalue weighted by atomic mass is 32.1. The summed E-state index contributed by atoms with van der Waals surface area (Å²) < 4.78 is 5.52. The third kappa shape index (κ3) is 2.71. The third-order valence-electron chi connectivity index (χ3n) is 2.77. The van der Waals surface area contributed by atoms with Crippen molar-refractivity contribution in [3.63, 3.8) is 0 Å². The topological polar surface area (TPSA) is 51.2 Å². The van der Waals surface area contributed by atoms with Gasteiger partial charge in [-0.15, -0.1) is 0 Å². The van der Waals surface area contributed by atoms with E-state index < -0.39 is 0 Å². The van der Waals surface area contributed by atoms with Gasteiger partial charge in [0.1, 0.15) is 16.5 Å². The van der Waals surface area contributed by atoms with E-state index in [9.17, 15) is 0 Å². The molecule has 4 heteroatoms. The van der Waals surface area contributed by atoms with Crippen LogP contribution in [0.15, 0.2) is 34.7 Å². The first kappa shape index (κ1) is 12.6. The molecule has 1 heterocycles. The Morgan fingerprint density at radius 1 is 1.28 bits per heavy atom. The van der Waals surface area contributed by atoms with E-state index in [-0.39, 0.29) is 0 Å². The molecule has 94 valence electrons. The molecule has 2 aromatic rings. The van der Waals surface area contributed by atoms with Gasteiger partial charge in [0.05, 0.1) is 6.54 Å². The van der Waals surface area contributed by atoms with Crippen molar-refractivity contribution < 1.29 is 4.42 Å². The smallest absolute Gasteiger partial charge is 0.123 e. The van der Waals surface area contributed by atoms with Gasteiger partial charge in [0, 0.05) is 11.3 Å². The maximum atomic E-state index is 5.72. The van der Waals surface area contributed by atoms with Crippen LogP contribution in [0.25, 0.3) is 0 Å². The molecular formula is C14H16N2OS. The number of hydrogen-bond donors (Lipinski definition) is 2. The quantitative estimate of drug-likeness (QED) is 0.829. The Labute approximate surface area is 112 Å². The van der Waals surface area contributed by atoms with Crippen LogP contribution < -0.4 is 11.1 Å². The fourth-order valence-corrected chi connectivity index (χ4v) is 2.03. The predicted molar refractivity (Wildman–Crippen MR) is 77.8 cm³/mol. The number of aryl methyl sites for hydroxylation is 2. The number of furan rings is 1. The van der Waals surface area contributed by atoms with Gasteiger partial charge >= 0.3 is 0 Å². The molecule has 0 saturated carbocycles. The molecular weight excluding hydrogens is 244 g/mol. The maximum Gasteiger partial charge on any atom is 0.123 e. The van der Waals surface area contributed by atoms with Crippen LogP contribution in [0.2, 0.25) is 0 Å². The monoisotopic (exact) mass is 260 g/mol. The summed E-state index contributed by atoms with van der Waals surface area (Å²) in [6.07, 6.45) is 0. The van der Waals surface area contributed by atoms with E-state index in [1.165, 1.54) is 0 Å². The molecule has 1 aromatic carbocycles. The molecule has 0 fully saturated rings. The van der Waals surface area contributed by atoms with Gasteiger partial charge in [-0.1, -0.05) is 24.4 Å². The summed E-state index contributed by atoms with van der Waals surface area (Å²) in [5, 5.41) is 3.33. The van der Waals surface area contributed by atoms with Crippen LogP contribution in [-0.4, -0.2) is 4.99 Å². The lowest BCUT2D eigenvalue weighted by Crippen LogP contribution is -2.14. The molecule has 0 saturated heterocycles. The molecule has 1 aromatic heterocycles. The van der Waals surface area contributed by atoms with Gasteiger partial charge in [-0.3, -0.25) is 0 Å². The number of thiocarbonyl (C=S) groups is 1. The third-order valence-corrected chi connectivity index (χ3v) is 2.99. The molecule has 0 aliphatic heterocycles. The average molecular weight is 260 g/mol. The van der Waals surface area contributed by atoms with E-state index in [2.05, 4.69) is 5.32 Å². The molecule has 18 heavy (non-hydrogen) atoms. The molecule has 0 aliphatic rings. The molecule has 2 rings (SSSR count). The summed E-state index contributed by atoms with van der Waals surface area (Å²) in [6, 6.07) is 9.80.